The summed E-state index contributed by atoms with van der Waals surface area (Å²) in [6.45, 7) is 5.36. The molecule has 1 fully saturated rings. The summed E-state index contributed by atoms with van der Waals surface area (Å²) < 4.78 is 0. The third-order valence-corrected chi connectivity index (χ3v) is 3.74. The summed E-state index contributed by atoms with van der Waals surface area (Å²) in [5.74, 6) is 0.879. The second kappa shape index (κ2) is 4.97. The summed E-state index contributed by atoms with van der Waals surface area (Å²) >= 11 is 0. The smallest absolute Gasteiger partial charge is 0.0246 e. The van der Waals surface area contributed by atoms with Gasteiger partial charge in [0.1, 0.15) is 0 Å². The summed E-state index contributed by atoms with van der Waals surface area (Å²) in [4.78, 5) is 2.48. The third-order valence-electron chi connectivity index (χ3n) is 3.74. The fourth-order valence-corrected chi connectivity index (χ4v) is 2.13. The van der Waals surface area contributed by atoms with Crippen LogP contribution in [0.1, 0.15) is 39.5 Å². The van der Waals surface area contributed by atoms with Crippen molar-refractivity contribution in [1.29, 1.82) is 0 Å². The fourth-order valence-electron chi connectivity index (χ4n) is 2.13. The first-order chi connectivity index (χ1) is 6.20. The van der Waals surface area contributed by atoms with Crippen molar-refractivity contribution in [2.75, 3.05) is 13.6 Å². The zero-order valence-corrected chi connectivity index (χ0v) is 9.29. The van der Waals surface area contributed by atoms with Crippen LogP contribution >= 0.6 is 0 Å². The molecule has 1 aliphatic carbocycles. The molecule has 1 aliphatic rings. The van der Waals surface area contributed by atoms with E-state index in [-0.39, 0.29) is 0 Å². The van der Waals surface area contributed by atoms with Crippen LogP contribution in [0.4, 0.5) is 0 Å². The molecular weight excluding hydrogens is 160 g/mol. The van der Waals surface area contributed by atoms with Crippen LogP contribution in [0.3, 0.4) is 0 Å². The van der Waals surface area contributed by atoms with Crippen molar-refractivity contribution in [3.05, 3.63) is 0 Å². The molecule has 2 N–H and O–H groups in total. The zero-order valence-electron chi connectivity index (χ0n) is 9.29. The van der Waals surface area contributed by atoms with E-state index >= 15 is 0 Å². The summed E-state index contributed by atoms with van der Waals surface area (Å²) in [5, 5.41) is 0. The highest BCUT2D eigenvalue weighted by Crippen LogP contribution is 2.32. The fraction of sp³-hybridized carbons (Fsp3) is 1.00. The van der Waals surface area contributed by atoms with Crippen LogP contribution in [0.15, 0.2) is 0 Å². The maximum atomic E-state index is 5.83. The molecule has 0 saturated heterocycles. The van der Waals surface area contributed by atoms with Crippen molar-refractivity contribution >= 4 is 0 Å². The second-order valence-electron chi connectivity index (χ2n) is 4.42. The lowest BCUT2D eigenvalue weighted by Crippen LogP contribution is -2.49. The van der Waals surface area contributed by atoms with Crippen LogP contribution in [-0.4, -0.2) is 30.6 Å². The van der Waals surface area contributed by atoms with Gasteiger partial charge in [0, 0.05) is 18.6 Å². The summed E-state index contributed by atoms with van der Waals surface area (Å²) in [7, 11) is 2.23. The quantitative estimate of drug-likeness (QED) is 0.706. The lowest BCUT2D eigenvalue weighted by molar-refractivity contribution is 0.0917. The Bertz CT molecular complexity index is 143. The lowest BCUT2D eigenvalue weighted by Gasteiger charge is -2.41. The Balaban J connectivity index is 2.43. The van der Waals surface area contributed by atoms with Gasteiger partial charge >= 0.3 is 0 Å². The minimum atomic E-state index is 0.628. The molecule has 2 atom stereocenters. The van der Waals surface area contributed by atoms with Crippen molar-refractivity contribution in [3.8, 4) is 0 Å². The third kappa shape index (κ3) is 2.44. The van der Waals surface area contributed by atoms with E-state index in [1.54, 1.807) is 0 Å². The van der Waals surface area contributed by atoms with Crippen molar-refractivity contribution < 1.29 is 0 Å². The van der Waals surface area contributed by atoms with E-state index in [0.29, 0.717) is 12.1 Å². The molecule has 1 rings (SSSR count). The molecule has 0 aromatic rings. The van der Waals surface area contributed by atoms with Gasteiger partial charge in [0.05, 0.1) is 0 Å². The van der Waals surface area contributed by atoms with E-state index < -0.39 is 0 Å². The topological polar surface area (TPSA) is 29.3 Å². The molecule has 78 valence electrons. The number of rotatable bonds is 5. The average molecular weight is 184 g/mol. The molecule has 0 spiro atoms. The van der Waals surface area contributed by atoms with Crippen molar-refractivity contribution in [2.45, 2.75) is 51.6 Å². The highest BCUT2D eigenvalue weighted by Gasteiger charge is 2.30. The minimum Gasteiger partial charge on any atom is -0.329 e. The van der Waals surface area contributed by atoms with E-state index in [4.69, 9.17) is 5.73 Å². The van der Waals surface area contributed by atoms with Crippen molar-refractivity contribution in [3.63, 3.8) is 0 Å². The van der Waals surface area contributed by atoms with Crippen molar-refractivity contribution in [1.82, 2.24) is 4.90 Å². The molecule has 2 heteroatoms. The van der Waals surface area contributed by atoms with Gasteiger partial charge in [0.15, 0.2) is 0 Å². The van der Waals surface area contributed by atoms with Gasteiger partial charge in [0.25, 0.3) is 0 Å². The van der Waals surface area contributed by atoms with E-state index in [1.807, 2.05) is 0 Å². The molecule has 0 amide bonds. The Morgan fingerprint density at radius 1 is 1.46 bits per heavy atom. The molecule has 1 saturated carbocycles. The predicted octanol–water partition coefficient (Wildman–Crippen LogP) is 1.84. The van der Waals surface area contributed by atoms with Crippen LogP contribution in [0.2, 0.25) is 0 Å². The molecule has 2 nitrogen and oxygen atoms in total. The van der Waals surface area contributed by atoms with Gasteiger partial charge < -0.3 is 5.73 Å². The van der Waals surface area contributed by atoms with Gasteiger partial charge in [-0.15, -0.1) is 0 Å². The number of nitrogens with two attached hydrogens (primary N) is 1. The lowest BCUT2D eigenvalue weighted by atomic mass is 9.79. The van der Waals surface area contributed by atoms with Crippen LogP contribution < -0.4 is 5.73 Å². The molecule has 0 heterocycles. The molecule has 0 aliphatic heterocycles. The first-order valence-electron chi connectivity index (χ1n) is 5.62. The maximum absolute atomic E-state index is 5.83. The van der Waals surface area contributed by atoms with E-state index in [9.17, 15) is 0 Å². The highest BCUT2D eigenvalue weighted by molar-refractivity contribution is 4.85. The van der Waals surface area contributed by atoms with Crippen LogP contribution in [0.25, 0.3) is 0 Å². The van der Waals surface area contributed by atoms with Crippen molar-refractivity contribution in [2.24, 2.45) is 11.7 Å². The normalized spacial score (nSPS) is 22.8. The Morgan fingerprint density at radius 2 is 2.08 bits per heavy atom. The van der Waals surface area contributed by atoms with E-state index in [2.05, 4.69) is 25.8 Å². The Kier molecular flexibility index (Phi) is 4.20. The molecule has 0 radical (unpaired) electrons. The molecular formula is C11H24N2. The van der Waals surface area contributed by atoms with Gasteiger partial charge in [-0.05, 0) is 39.2 Å². The largest absolute Gasteiger partial charge is 0.329 e. The number of hydrogen-bond acceptors (Lipinski definition) is 2. The number of likely N-dealkylation sites (N-methyl/N-ethyl adjacent to an activating group) is 1. The Morgan fingerprint density at radius 3 is 2.38 bits per heavy atom. The maximum Gasteiger partial charge on any atom is 0.0246 e. The Hall–Kier alpha value is -0.0800. The van der Waals surface area contributed by atoms with Gasteiger partial charge in [0.2, 0.25) is 0 Å². The minimum absolute atomic E-state index is 0.628. The summed E-state index contributed by atoms with van der Waals surface area (Å²) in [5.41, 5.74) is 5.83. The van der Waals surface area contributed by atoms with Crippen LogP contribution in [0.5, 0.6) is 0 Å². The van der Waals surface area contributed by atoms with Gasteiger partial charge in [-0.2, -0.15) is 0 Å². The molecule has 13 heavy (non-hydrogen) atoms. The van der Waals surface area contributed by atoms with Gasteiger partial charge in [-0.3, -0.25) is 4.90 Å². The van der Waals surface area contributed by atoms with Crippen LogP contribution in [-0.2, 0) is 0 Å². The molecule has 2 unspecified atom stereocenters. The van der Waals surface area contributed by atoms with Gasteiger partial charge in [-0.1, -0.05) is 13.3 Å². The van der Waals surface area contributed by atoms with E-state index in [0.717, 1.165) is 12.5 Å². The van der Waals surface area contributed by atoms with E-state index in [1.165, 1.54) is 25.7 Å². The Labute approximate surface area is 82.5 Å². The molecule has 0 bridgehead atoms. The number of hydrogen-bond donors (Lipinski definition) is 1. The first kappa shape index (κ1) is 11.0. The summed E-state index contributed by atoms with van der Waals surface area (Å²) in [6, 6.07) is 1.30. The monoisotopic (exact) mass is 184 g/mol. The van der Waals surface area contributed by atoms with Gasteiger partial charge in [-0.25, -0.2) is 0 Å². The summed E-state index contributed by atoms with van der Waals surface area (Å²) in [6.07, 6.45) is 5.42. The average Bonchev–Trinajstić information content (AvgIpc) is 2.08. The molecule has 0 aromatic carbocycles. The zero-order chi connectivity index (χ0) is 9.84. The highest BCUT2D eigenvalue weighted by atomic mass is 15.2. The van der Waals surface area contributed by atoms with Crippen LogP contribution in [0, 0.1) is 5.92 Å². The standard InChI is InChI=1S/C11H24N2/c1-4-9(2)13(3)11(8-12)10-6-5-7-10/h9-11H,4-8,12H2,1-3H3. The first-order valence-corrected chi connectivity index (χ1v) is 5.62. The molecule has 0 aromatic heterocycles. The number of nitrogens with zero attached hydrogens (tertiary/aromatic N) is 1. The SMILES string of the molecule is CCC(C)N(C)C(CN)C1CCC1. The predicted molar refractivity (Wildman–Crippen MR) is 57.7 cm³/mol. The second-order valence-corrected chi connectivity index (χ2v) is 4.42.